The second-order valence-electron chi connectivity index (χ2n) is 3.31. The van der Waals surface area contributed by atoms with Gasteiger partial charge >= 0.3 is 5.97 Å². The number of rotatable bonds is 2. The molecule has 1 heterocycles. The van der Waals surface area contributed by atoms with Gasteiger partial charge < -0.3 is 15.9 Å². The van der Waals surface area contributed by atoms with E-state index in [1.807, 2.05) is 0 Å². The highest BCUT2D eigenvalue weighted by molar-refractivity contribution is 5.94. The molecular weight excluding hydrogens is 222 g/mol. The fourth-order valence-electron chi connectivity index (χ4n) is 1.46. The van der Waals surface area contributed by atoms with Gasteiger partial charge in [-0.2, -0.15) is 0 Å². The number of carboxylic acids is 1. The number of aromatic nitrogens is 2. The number of nitrogens with zero attached hydrogens (tertiary/aromatic N) is 2. The van der Waals surface area contributed by atoms with Gasteiger partial charge in [-0.05, 0) is 6.07 Å². The van der Waals surface area contributed by atoms with Crippen LogP contribution in [-0.2, 0) is 0 Å². The molecule has 86 valence electrons. The molecule has 2 aromatic rings. The van der Waals surface area contributed by atoms with E-state index in [1.165, 1.54) is 12.3 Å². The zero-order valence-corrected chi connectivity index (χ0v) is 8.66. The molecule has 2 rings (SSSR count). The molecule has 0 unspecified atom stereocenters. The average molecular weight is 231 g/mol. The van der Waals surface area contributed by atoms with Crippen LogP contribution in [0, 0.1) is 0 Å². The summed E-state index contributed by atoms with van der Waals surface area (Å²) in [5.74, 6) is -1.39. The lowest BCUT2D eigenvalue weighted by Gasteiger charge is -2.07. The van der Waals surface area contributed by atoms with Gasteiger partial charge in [0.15, 0.2) is 5.69 Å². The van der Waals surface area contributed by atoms with Crippen LogP contribution in [-0.4, -0.2) is 26.2 Å². The topological polar surface area (TPSA) is 109 Å². The number of anilines is 1. The maximum Gasteiger partial charge on any atom is 0.355 e. The summed E-state index contributed by atoms with van der Waals surface area (Å²) in [4.78, 5) is 18.4. The first kappa shape index (κ1) is 10.9. The molecule has 0 bridgehead atoms. The van der Waals surface area contributed by atoms with Crippen LogP contribution in [0.4, 0.5) is 5.95 Å². The van der Waals surface area contributed by atoms with Crippen molar-refractivity contribution in [3.8, 4) is 16.9 Å². The number of nitrogens with two attached hydrogens (primary N) is 1. The van der Waals surface area contributed by atoms with Crippen LogP contribution in [0.1, 0.15) is 10.5 Å². The Morgan fingerprint density at radius 1 is 1.24 bits per heavy atom. The average Bonchev–Trinajstić information content (AvgIpc) is 2.30. The third kappa shape index (κ3) is 2.00. The number of nitrogen functional groups attached to an aromatic ring is 1. The van der Waals surface area contributed by atoms with Gasteiger partial charge in [-0.3, -0.25) is 0 Å². The van der Waals surface area contributed by atoms with Crippen LogP contribution in [0.5, 0.6) is 5.75 Å². The third-order valence-corrected chi connectivity index (χ3v) is 2.20. The molecule has 0 saturated carbocycles. The van der Waals surface area contributed by atoms with Crippen molar-refractivity contribution in [1.29, 1.82) is 0 Å². The number of carboxylic acid groups (broad SMARTS) is 1. The summed E-state index contributed by atoms with van der Waals surface area (Å²) < 4.78 is 0. The van der Waals surface area contributed by atoms with Crippen molar-refractivity contribution in [2.45, 2.75) is 0 Å². The van der Waals surface area contributed by atoms with Gasteiger partial charge in [0.1, 0.15) is 5.75 Å². The molecule has 6 nitrogen and oxygen atoms in total. The highest BCUT2D eigenvalue weighted by Gasteiger charge is 2.16. The van der Waals surface area contributed by atoms with Gasteiger partial charge in [0, 0.05) is 17.3 Å². The van der Waals surface area contributed by atoms with Crippen molar-refractivity contribution in [2.24, 2.45) is 0 Å². The van der Waals surface area contributed by atoms with Gasteiger partial charge in [0.05, 0.1) is 0 Å². The zero-order chi connectivity index (χ0) is 12.4. The van der Waals surface area contributed by atoms with Crippen molar-refractivity contribution in [3.63, 3.8) is 0 Å². The van der Waals surface area contributed by atoms with Crippen molar-refractivity contribution < 1.29 is 15.0 Å². The first-order chi connectivity index (χ1) is 8.09. The van der Waals surface area contributed by atoms with Gasteiger partial charge in [-0.25, -0.2) is 14.8 Å². The number of benzene rings is 1. The molecule has 0 aliphatic rings. The molecule has 17 heavy (non-hydrogen) atoms. The molecule has 0 aliphatic heterocycles. The predicted molar refractivity (Wildman–Crippen MR) is 60.5 cm³/mol. The minimum absolute atomic E-state index is 0.0385. The normalized spacial score (nSPS) is 10.1. The standard InChI is InChI=1S/C11H9N3O3/c12-11-13-5-7(9(14-11)10(16)17)6-3-1-2-4-8(6)15/h1-5,15H,(H,16,17)(H2,12,13,14). The Kier molecular flexibility index (Phi) is 2.61. The third-order valence-electron chi connectivity index (χ3n) is 2.20. The van der Waals surface area contributed by atoms with Crippen molar-refractivity contribution in [2.75, 3.05) is 5.73 Å². The minimum Gasteiger partial charge on any atom is -0.507 e. The number of aromatic hydroxyl groups is 1. The number of phenolic OH excluding ortho intramolecular Hbond substituents is 1. The maximum atomic E-state index is 11.0. The van der Waals surface area contributed by atoms with Crippen LogP contribution in [0.25, 0.3) is 11.1 Å². The van der Waals surface area contributed by atoms with E-state index in [-0.39, 0.29) is 23.0 Å². The summed E-state index contributed by atoms with van der Waals surface area (Å²) in [6.07, 6.45) is 1.28. The van der Waals surface area contributed by atoms with E-state index in [0.717, 1.165) is 0 Å². The molecular formula is C11H9N3O3. The van der Waals surface area contributed by atoms with E-state index in [4.69, 9.17) is 10.8 Å². The molecule has 6 heteroatoms. The molecule has 0 fully saturated rings. The van der Waals surface area contributed by atoms with Crippen LogP contribution < -0.4 is 5.73 Å². The second kappa shape index (κ2) is 4.09. The van der Waals surface area contributed by atoms with Crippen LogP contribution in [0.2, 0.25) is 0 Å². The van der Waals surface area contributed by atoms with Crippen LogP contribution in [0.15, 0.2) is 30.5 Å². The summed E-state index contributed by atoms with van der Waals surface area (Å²) >= 11 is 0. The molecule has 1 aromatic carbocycles. The van der Waals surface area contributed by atoms with Crippen molar-refractivity contribution in [3.05, 3.63) is 36.2 Å². The molecule has 0 atom stereocenters. The Hall–Kier alpha value is -2.63. The van der Waals surface area contributed by atoms with E-state index in [9.17, 15) is 9.90 Å². The number of aromatic carboxylic acids is 1. The lowest BCUT2D eigenvalue weighted by atomic mass is 10.0. The van der Waals surface area contributed by atoms with E-state index < -0.39 is 5.97 Å². The Balaban J connectivity index is 2.68. The van der Waals surface area contributed by atoms with Gasteiger partial charge in [-0.1, -0.05) is 18.2 Å². The molecule has 0 aliphatic carbocycles. The van der Waals surface area contributed by atoms with E-state index in [0.29, 0.717) is 5.56 Å². The summed E-state index contributed by atoms with van der Waals surface area (Å²) in [5, 5.41) is 18.7. The largest absolute Gasteiger partial charge is 0.507 e. The number of para-hydroxylation sites is 1. The van der Waals surface area contributed by atoms with Crippen LogP contribution >= 0.6 is 0 Å². The molecule has 0 radical (unpaired) electrons. The molecule has 4 N–H and O–H groups in total. The minimum atomic E-state index is -1.22. The number of phenols is 1. The van der Waals surface area contributed by atoms with Crippen molar-refractivity contribution >= 4 is 11.9 Å². The number of carbonyl (C=O) groups is 1. The summed E-state index contributed by atoms with van der Waals surface area (Å²) in [5.41, 5.74) is 5.67. The van der Waals surface area contributed by atoms with Gasteiger partial charge in [0.2, 0.25) is 5.95 Å². The molecule has 0 spiro atoms. The highest BCUT2D eigenvalue weighted by Crippen LogP contribution is 2.30. The Morgan fingerprint density at radius 3 is 2.59 bits per heavy atom. The predicted octanol–water partition coefficient (Wildman–Crippen LogP) is 1.13. The first-order valence-electron chi connectivity index (χ1n) is 4.74. The fourth-order valence-corrected chi connectivity index (χ4v) is 1.46. The number of hydrogen-bond acceptors (Lipinski definition) is 5. The van der Waals surface area contributed by atoms with Crippen LogP contribution in [0.3, 0.4) is 0 Å². The first-order valence-corrected chi connectivity index (χ1v) is 4.74. The smallest absolute Gasteiger partial charge is 0.355 e. The SMILES string of the molecule is Nc1ncc(-c2ccccc2O)c(C(=O)O)n1. The second-order valence-corrected chi connectivity index (χ2v) is 3.31. The summed E-state index contributed by atoms with van der Waals surface area (Å²) in [7, 11) is 0. The van der Waals surface area contributed by atoms with Crippen molar-refractivity contribution in [1.82, 2.24) is 9.97 Å². The molecule has 0 amide bonds. The lowest BCUT2D eigenvalue weighted by molar-refractivity contribution is 0.0691. The summed E-state index contributed by atoms with van der Waals surface area (Å²) in [6, 6.07) is 6.35. The van der Waals surface area contributed by atoms with E-state index in [2.05, 4.69) is 9.97 Å². The Bertz CT molecular complexity index is 584. The van der Waals surface area contributed by atoms with E-state index in [1.54, 1.807) is 18.2 Å². The Morgan fingerprint density at radius 2 is 1.94 bits per heavy atom. The Labute approximate surface area is 96.4 Å². The zero-order valence-electron chi connectivity index (χ0n) is 8.66. The monoisotopic (exact) mass is 231 g/mol. The summed E-state index contributed by atoms with van der Waals surface area (Å²) in [6.45, 7) is 0. The molecule has 1 aromatic heterocycles. The highest BCUT2D eigenvalue weighted by atomic mass is 16.4. The number of hydrogen-bond donors (Lipinski definition) is 3. The quantitative estimate of drug-likeness (QED) is 0.714. The maximum absolute atomic E-state index is 11.0. The van der Waals surface area contributed by atoms with E-state index >= 15 is 0 Å². The molecule has 0 saturated heterocycles. The van der Waals surface area contributed by atoms with Gasteiger partial charge in [-0.15, -0.1) is 0 Å². The lowest BCUT2D eigenvalue weighted by Crippen LogP contribution is -2.07. The van der Waals surface area contributed by atoms with Gasteiger partial charge in [0.25, 0.3) is 0 Å². The fraction of sp³-hybridized carbons (Fsp3) is 0.